The molecule has 27 heavy (non-hydrogen) atoms. The summed E-state index contributed by atoms with van der Waals surface area (Å²) in [5.41, 5.74) is -0.156. The van der Waals surface area contributed by atoms with Gasteiger partial charge in [0.2, 0.25) is 0 Å². The second kappa shape index (κ2) is 12.0. The van der Waals surface area contributed by atoms with E-state index in [2.05, 4.69) is 10.3 Å². The van der Waals surface area contributed by atoms with Crippen LogP contribution in [-0.2, 0) is 9.84 Å². The largest absolute Gasteiger partial charge is 0.492 e. The van der Waals surface area contributed by atoms with Crippen LogP contribution in [0.4, 0.5) is 0 Å². The SMILES string of the molecule is CN=C(NCC(C)(C)CCS(C)(=O)=O)N(C)CCOc1cccc(Cl)c1.I. The van der Waals surface area contributed by atoms with Crippen LogP contribution < -0.4 is 10.1 Å². The van der Waals surface area contributed by atoms with E-state index in [0.717, 1.165) is 11.7 Å². The molecular formula is C18H31ClIN3O3S. The average Bonchev–Trinajstić information content (AvgIpc) is 2.53. The lowest BCUT2D eigenvalue weighted by molar-refractivity contribution is 0.278. The quantitative estimate of drug-likeness (QED) is 0.301. The molecule has 1 rings (SSSR count). The number of nitrogens with one attached hydrogen (secondary N) is 1. The lowest BCUT2D eigenvalue weighted by atomic mass is 9.90. The van der Waals surface area contributed by atoms with E-state index in [4.69, 9.17) is 16.3 Å². The number of nitrogens with zero attached hydrogens (tertiary/aromatic N) is 2. The van der Waals surface area contributed by atoms with E-state index < -0.39 is 9.84 Å². The fourth-order valence-electron chi connectivity index (χ4n) is 2.22. The Kier molecular flexibility index (Phi) is 11.6. The van der Waals surface area contributed by atoms with Gasteiger partial charge in [0.15, 0.2) is 5.96 Å². The molecule has 0 aliphatic heterocycles. The molecular weight excluding hydrogens is 501 g/mol. The van der Waals surface area contributed by atoms with E-state index in [0.29, 0.717) is 31.1 Å². The van der Waals surface area contributed by atoms with Crippen molar-refractivity contribution in [3.05, 3.63) is 29.3 Å². The topological polar surface area (TPSA) is 71.0 Å². The second-order valence-electron chi connectivity index (χ2n) is 7.17. The third-order valence-electron chi connectivity index (χ3n) is 3.94. The number of benzene rings is 1. The lowest BCUT2D eigenvalue weighted by Crippen LogP contribution is -2.44. The van der Waals surface area contributed by atoms with Gasteiger partial charge in [-0.25, -0.2) is 8.42 Å². The number of guanidine groups is 1. The van der Waals surface area contributed by atoms with Crippen molar-refractivity contribution >= 4 is 51.4 Å². The number of ether oxygens (including phenoxy) is 1. The highest BCUT2D eigenvalue weighted by Crippen LogP contribution is 2.20. The van der Waals surface area contributed by atoms with Gasteiger partial charge in [-0.3, -0.25) is 4.99 Å². The van der Waals surface area contributed by atoms with Crippen LogP contribution in [0.5, 0.6) is 5.75 Å². The Balaban J connectivity index is 0.00000676. The van der Waals surface area contributed by atoms with E-state index in [9.17, 15) is 8.42 Å². The van der Waals surface area contributed by atoms with E-state index in [1.54, 1.807) is 19.2 Å². The number of rotatable bonds is 9. The first kappa shape index (κ1) is 26.3. The monoisotopic (exact) mass is 531 g/mol. The Morgan fingerprint density at radius 1 is 1.37 bits per heavy atom. The van der Waals surface area contributed by atoms with Crippen molar-refractivity contribution in [2.75, 3.05) is 45.8 Å². The maximum absolute atomic E-state index is 11.4. The molecule has 1 aromatic rings. The van der Waals surface area contributed by atoms with Crippen LogP contribution in [0, 0.1) is 5.41 Å². The zero-order chi connectivity index (χ0) is 19.8. The summed E-state index contributed by atoms with van der Waals surface area (Å²) in [5.74, 6) is 1.66. The van der Waals surface area contributed by atoms with Gasteiger partial charge >= 0.3 is 0 Å². The molecule has 0 bridgehead atoms. The molecule has 0 radical (unpaired) electrons. The molecule has 0 aliphatic carbocycles. The summed E-state index contributed by atoms with van der Waals surface area (Å²) in [4.78, 5) is 6.25. The summed E-state index contributed by atoms with van der Waals surface area (Å²) in [5, 5.41) is 3.95. The molecule has 156 valence electrons. The Labute approximate surface area is 185 Å². The van der Waals surface area contributed by atoms with Gasteiger partial charge in [0.05, 0.1) is 12.3 Å². The molecule has 0 heterocycles. The lowest BCUT2D eigenvalue weighted by Gasteiger charge is -2.28. The number of sulfone groups is 1. The smallest absolute Gasteiger partial charge is 0.193 e. The molecule has 1 N–H and O–H groups in total. The van der Waals surface area contributed by atoms with E-state index in [1.807, 2.05) is 37.9 Å². The zero-order valence-corrected chi connectivity index (χ0v) is 20.6. The standard InChI is InChI=1S/C18H30ClN3O3S.HI/c1-18(2,9-12-26(5,23)24)14-21-17(20-3)22(4)10-11-25-16-8-6-7-15(19)13-16;/h6-8,13H,9-12,14H2,1-5H3,(H,20,21);1H. The van der Waals surface area contributed by atoms with Gasteiger partial charge in [-0.05, 0) is 30.0 Å². The first-order valence-electron chi connectivity index (χ1n) is 8.50. The van der Waals surface area contributed by atoms with Gasteiger partial charge in [0.1, 0.15) is 22.2 Å². The number of hydrogen-bond donors (Lipinski definition) is 1. The normalized spacial score (nSPS) is 12.3. The molecule has 0 amide bonds. The van der Waals surface area contributed by atoms with Crippen LogP contribution in [0.3, 0.4) is 0 Å². The molecule has 0 spiro atoms. The van der Waals surface area contributed by atoms with Gasteiger partial charge in [0, 0.05) is 31.9 Å². The average molecular weight is 532 g/mol. The summed E-state index contributed by atoms with van der Waals surface area (Å²) >= 11 is 5.94. The van der Waals surface area contributed by atoms with Crippen LogP contribution in [0.2, 0.25) is 5.02 Å². The Morgan fingerprint density at radius 3 is 2.59 bits per heavy atom. The van der Waals surface area contributed by atoms with Crippen LogP contribution in [0.1, 0.15) is 20.3 Å². The predicted molar refractivity (Wildman–Crippen MR) is 124 cm³/mol. The van der Waals surface area contributed by atoms with Gasteiger partial charge in [-0.15, -0.1) is 24.0 Å². The van der Waals surface area contributed by atoms with Crippen molar-refractivity contribution < 1.29 is 13.2 Å². The maximum Gasteiger partial charge on any atom is 0.193 e. The zero-order valence-electron chi connectivity index (χ0n) is 16.7. The van der Waals surface area contributed by atoms with Crippen molar-refractivity contribution in [2.24, 2.45) is 10.4 Å². The summed E-state index contributed by atoms with van der Waals surface area (Å²) < 4.78 is 28.4. The van der Waals surface area contributed by atoms with Gasteiger partial charge in [-0.2, -0.15) is 0 Å². The Hall–Kier alpha value is -0.740. The molecule has 0 aliphatic rings. The molecule has 0 unspecified atom stereocenters. The Morgan fingerprint density at radius 2 is 2.04 bits per heavy atom. The van der Waals surface area contributed by atoms with Crippen molar-refractivity contribution in [3.8, 4) is 5.75 Å². The fraction of sp³-hybridized carbons (Fsp3) is 0.611. The van der Waals surface area contributed by atoms with Gasteiger partial charge in [0.25, 0.3) is 0 Å². The first-order valence-corrected chi connectivity index (χ1v) is 10.9. The maximum atomic E-state index is 11.4. The molecule has 0 saturated carbocycles. The minimum atomic E-state index is -2.95. The number of halogens is 2. The summed E-state index contributed by atoms with van der Waals surface area (Å²) in [6, 6.07) is 7.29. The van der Waals surface area contributed by atoms with Gasteiger partial charge in [-0.1, -0.05) is 31.5 Å². The van der Waals surface area contributed by atoms with E-state index in [1.165, 1.54) is 6.26 Å². The van der Waals surface area contributed by atoms with Crippen molar-refractivity contribution in [2.45, 2.75) is 20.3 Å². The van der Waals surface area contributed by atoms with Gasteiger partial charge < -0.3 is 15.0 Å². The predicted octanol–water partition coefficient (Wildman–Crippen LogP) is 3.30. The summed E-state index contributed by atoms with van der Waals surface area (Å²) in [6.07, 6.45) is 1.86. The molecule has 0 atom stereocenters. The number of likely N-dealkylation sites (N-methyl/N-ethyl adjacent to an activating group) is 1. The fourth-order valence-corrected chi connectivity index (χ4v) is 3.32. The van der Waals surface area contributed by atoms with Crippen LogP contribution in [0.15, 0.2) is 29.3 Å². The highest BCUT2D eigenvalue weighted by atomic mass is 127. The summed E-state index contributed by atoms with van der Waals surface area (Å²) in [7, 11) is 0.699. The Bertz CT molecular complexity index is 712. The first-order chi connectivity index (χ1) is 12.0. The molecule has 9 heteroatoms. The van der Waals surface area contributed by atoms with E-state index in [-0.39, 0.29) is 35.1 Å². The number of aliphatic imine (C=N–C) groups is 1. The van der Waals surface area contributed by atoms with Crippen LogP contribution >= 0.6 is 35.6 Å². The molecule has 1 aromatic carbocycles. The highest BCUT2D eigenvalue weighted by Gasteiger charge is 2.21. The molecule has 0 aromatic heterocycles. The van der Waals surface area contributed by atoms with Crippen molar-refractivity contribution in [1.82, 2.24) is 10.2 Å². The van der Waals surface area contributed by atoms with Crippen molar-refractivity contribution in [1.29, 1.82) is 0 Å². The third-order valence-corrected chi connectivity index (χ3v) is 5.12. The molecule has 0 saturated heterocycles. The summed E-state index contributed by atoms with van der Waals surface area (Å²) in [6.45, 7) is 5.86. The van der Waals surface area contributed by atoms with Crippen LogP contribution in [0.25, 0.3) is 0 Å². The second-order valence-corrected chi connectivity index (χ2v) is 9.87. The highest BCUT2D eigenvalue weighted by molar-refractivity contribution is 14.0. The van der Waals surface area contributed by atoms with Crippen LogP contribution in [-0.4, -0.2) is 65.1 Å². The van der Waals surface area contributed by atoms with Crippen molar-refractivity contribution in [3.63, 3.8) is 0 Å². The number of hydrogen-bond acceptors (Lipinski definition) is 4. The molecule has 6 nitrogen and oxygen atoms in total. The van der Waals surface area contributed by atoms with E-state index >= 15 is 0 Å². The molecule has 0 fully saturated rings. The minimum absolute atomic E-state index is 0. The third kappa shape index (κ3) is 11.6. The minimum Gasteiger partial charge on any atom is -0.492 e.